The zero-order valence-corrected chi connectivity index (χ0v) is 20.3. The average Bonchev–Trinajstić information content (AvgIpc) is 3.35. The maximum absolute atomic E-state index is 13.3. The van der Waals surface area contributed by atoms with Crippen LogP contribution in [0.25, 0.3) is 0 Å². The van der Waals surface area contributed by atoms with E-state index in [1.165, 1.54) is 19.1 Å². The number of aliphatic carboxylic acids is 1. The van der Waals surface area contributed by atoms with Gasteiger partial charge in [-0.05, 0) is 49.9 Å². The van der Waals surface area contributed by atoms with Crippen molar-refractivity contribution in [2.75, 3.05) is 6.54 Å². The van der Waals surface area contributed by atoms with Gasteiger partial charge in [-0.1, -0.05) is 32.4 Å². The van der Waals surface area contributed by atoms with E-state index in [2.05, 4.69) is 21.3 Å². The van der Waals surface area contributed by atoms with Crippen molar-refractivity contribution in [1.82, 2.24) is 21.3 Å². The lowest BCUT2D eigenvalue weighted by Gasteiger charge is -2.28. The van der Waals surface area contributed by atoms with Crippen LogP contribution in [0.5, 0.6) is 5.75 Å². The second kappa shape index (κ2) is 13.1. The molecule has 1 aromatic rings. The van der Waals surface area contributed by atoms with Crippen molar-refractivity contribution in [2.24, 2.45) is 5.92 Å². The Balaban J connectivity index is 2.24. The van der Waals surface area contributed by atoms with Crippen LogP contribution in [-0.4, -0.2) is 75.8 Å². The Labute approximate surface area is 204 Å². The topological polar surface area (TPSA) is 177 Å². The van der Waals surface area contributed by atoms with Crippen molar-refractivity contribution < 1.29 is 34.5 Å². The molecule has 1 aliphatic heterocycles. The molecule has 1 aromatic carbocycles. The van der Waals surface area contributed by atoms with Crippen LogP contribution in [-0.2, 0) is 25.6 Å². The van der Waals surface area contributed by atoms with Gasteiger partial charge in [0.1, 0.15) is 17.8 Å². The summed E-state index contributed by atoms with van der Waals surface area (Å²) in [5.74, 6) is -3.29. The average molecular weight is 493 g/mol. The third-order valence-corrected chi connectivity index (χ3v) is 6.23. The van der Waals surface area contributed by atoms with E-state index in [9.17, 15) is 34.5 Å². The van der Waals surface area contributed by atoms with Crippen LogP contribution >= 0.6 is 0 Å². The van der Waals surface area contributed by atoms with Crippen LogP contribution in [0.1, 0.15) is 45.6 Å². The lowest BCUT2D eigenvalue weighted by Crippen LogP contribution is -2.59. The van der Waals surface area contributed by atoms with Crippen molar-refractivity contribution >= 4 is 23.7 Å². The summed E-state index contributed by atoms with van der Waals surface area (Å²) in [5, 5.41) is 39.4. The van der Waals surface area contributed by atoms with Gasteiger partial charge in [0.25, 0.3) is 0 Å². The number of amides is 3. The third-order valence-electron chi connectivity index (χ3n) is 6.23. The lowest BCUT2D eigenvalue weighted by molar-refractivity contribution is -0.145. The van der Waals surface area contributed by atoms with E-state index < -0.39 is 42.0 Å². The Hall–Kier alpha value is -3.18. The maximum Gasteiger partial charge on any atom is 0.328 e. The molecule has 194 valence electrons. The van der Waals surface area contributed by atoms with E-state index in [4.69, 9.17) is 0 Å². The molecular formula is C24H36N4O7. The maximum atomic E-state index is 13.3. The van der Waals surface area contributed by atoms with Gasteiger partial charge in [-0.2, -0.15) is 0 Å². The molecule has 1 aliphatic rings. The fraction of sp³-hybridized carbons (Fsp3) is 0.583. The number of carboxylic acid groups (broad SMARTS) is 1. The SMILES string of the molecule is CCC(C)C(NC(=O)C1CCCN1)C(=O)NC(Cc1ccc(O)cc1)C(=O)NC(C(=O)O)C(C)O. The summed E-state index contributed by atoms with van der Waals surface area (Å²) in [6, 6.07) is 1.96. The van der Waals surface area contributed by atoms with Crippen molar-refractivity contribution in [3.63, 3.8) is 0 Å². The monoisotopic (exact) mass is 492 g/mol. The highest BCUT2D eigenvalue weighted by molar-refractivity contribution is 5.94. The zero-order valence-electron chi connectivity index (χ0n) is 20.3. The van der Waals surface area contributed by atoms with Gasteiger partial charge >= 0.3 is 5.97 Å². The van der Waals surface area contributed by atoms with Crippen molar-refractivity contribution in [2.45, 2.75) is 76.7 Å². The molecule has 2 rings (SSSR count). The Morgan fingerprint density at radius 3 is 2.20 bits per heavy atom. The van der Waals surface area contributed by atoms with E-state index in [0.717, 1.165) is 13.0 Å². The quantitative estimate of drug-likeness (QED) is 0.207. The van der Waals surface area contributed by atoms with Gasteiger partial charge in [-0.3, -0.25) is 14.4 Å². The molecule has 1 fully saturated rings. The number of rotatable bonds is 12. The minimum atomic E-state index is -1.57. The molecule has 0 spiro atoms. The molecule has 11 heteroatoms. The number of phenolic OH excluding ortho intramolecular Hbond substituents is 1. The molecule has 0 aromatic heterocycles. The molecule has 7 N–H and O–H groups in total. The van der Waals surface area contributed by atoms with Crippen LogP contribution < -0.4 is 21.3 Å². The summed E-state index contributed by atoms with van der Waals surface area (Å²) >= 11 is 0. The number of aliphatic hydroxyl groups is 1. The zero-order chi connectivity index (χ0) is 26.1. The first-order valence-electron chi connectivity index (χ1n) is 11.9. The predicted molar refractivity (Wildman–Crippen MR) is 127 cm³/mol. The predicted octanol–water partition coefficient (Wildman–Crippen LogP) is -0.347. The van der Waals surface area contributed by atoms with Gasteiger partial charge in [0.15, 0.2) is 6.04 Å². The van der Waals surface area contributed by atoms with Crippen molar-refractivity contribution in [3.8, 4) is 5.75 Å². The third kappa shape index (κ3) is 8.22. The van der Waals surface area contributed by atoms with E-state index in [1.807, 2.05) is 13.8 Å². The molecule has 11 nitrogen and oxygen atoms in total. The number of nitrogens with one attached hydrogen (secondary N) is 4. The van der Waals surface area contributed by atoms with Crippen LogP contribution in [0.4, 0.5) is 0 Å². The summed E-state index contributed by atoms with van der Waals surface area (Å²) in [5.41, 5.74) is 0.603. The van der Waals surface area contributed by atoms with Crippen LogP contribution in [0.15, 0.2) is 24.3 Å². The summed E-state index contributed by atoms with van der Waals surface area (Å²) in [7, 11) is 0. The fourth-order valence-electron chi connectivity index (χ4n) is 3.85. The minimum absolute atomic E-state index is 0.00461. The highest BCUT2D eigenvalue weighted by Crippen LogP contribution is 2.14. The van der Waals surface area contributed by atoms with E-state index >= 15 is 0 Å². The number of aliphatic hydroxyl groups excluding tert-OH is 1. The first-order valence-corrected chi connectivity index (χ1v) is 11.9. The Kier molecular flexibility index (Phi) is 10.5. The number of benzene rings is 1. The number of carbonyl (C=O) groups excluding carboxylic acids is 3. The highest BCUT2D eigenvalue weighted by Gasteiger charge is 2.34. The summed E-state index contributed by atoms with van der Waals surface area (Å²) in [4.78, 5) is 50.4. The minimum Gasteiger partial charge on any atom is -0.508 e. The van der Waals surface area contributed by atoms with Gasteiger partial charge in [0.2, 0.25) is 17.7 Å². The molecule has 6 unspecified atom stereocenters. The molecule has 35 heavy (non-hydrogen) atoms. The fourth-order valence-corrected chi connectivity index (χ4v) is 3.85. The Bertz CT molecular complexity index is 884. The molecule has 1 saturated heterocycles. The van der Waals surface area contributed by atoms with Crippen LogP contribution in [0.3, 0.4) is 0 Å². The number of carbonyl (C=O) groups is 4. The summed E-state index contributed by atoms with van der Waals surface area (Å²) in [6.07, 6.45) is 0.750. The van der Waals surface area contributed by atoms with Gasteiger partial charge in [0, 0.05) is 6.42 Å². The first-order chi connectivity index (χ1) is 16.5. The van der Waals surface area contributed by atoms with Crippen LogP contribution in [0.2, 0.25) is 0 Å². The van der Waals surface area contributed by atoms with Gasteiger partial charge in [0.05, 0.1) is 12.1 Å². The van der Waals surface area contributed by atoms with Crippen molar-refractivity contribution in [1.29, 1.82) is 0 Å². The standard InChI is InChI=1S/C24H36N4O7/c1-4-13(2)19(27-21(31)17-6-5-11-25-17)23(33)26-18(12-15-7-9-16(30)10-8-15)22(32)28-20(14(3)29)24(34)35/h7-10,13-14,17-20,25,29-30H,4-6,11-12H2,1-3H3,(H,26,33)(H,27,31)(H,28,32)(H,34,35). The number of aromatic hydroxyl groups is 1. The lowest BCUT2D eigenvalue weighted by atomic mass is 9.96. The molecule has 3 amide bonds. The Morgan fingerprint density at radius 2 is 1.69 bits per heavy atom. The number of hydrogen-bond acceptors (Lipinski definition) is 7. The van der Waals surface area contributed by atoms with Crippen LogP contribution in [0, 0.1) is 5.92 Å². The number of carboxylic acids is 1. The molecule has 0 saturated carbocycles. The molecule has 0 aliphatic carbocycles. The molecular weight excluding hydrogens is 456 g/mol. The second-order valence-electron chi connectivity index (χ2n) is 9.02. The second-order valence-corrected chi connectivity index (χ2v) is 9.02. The summed E-state index contributed by atoms with van der Waals surface area (Å²) < 4.78 is 0. The number of hydrogen-bond donors (Lipinski definition) is 7. The molecule has 1 heterocycles. The van der Waals surface area contributed by atoms with Gasteiger partial charge in [-0.25, -0.2) is 4.79 Å². The van der Waals surface area contributed by atoms with E-state index in [-0.39, 0.29) is 30.0 Å². The smallest absolute Gasteiger partial charge is 0.328 e. The Morgan fingerprint density at radius 1 is 1.03 bits per heavy atom. The molecule has 6 atom stereocenters. The van der Waals surface area contributed by atoms with E-state index in [1.54, 1.807) is 12.1 Å². The summed E-state index contributed by atoms with van der Waals surface area (Å²) in [6.45, 7) is 5.65. The van der Waals surface area contributed by atoms with Gasteiger partial charge in [-0.15, -0.1) is 0 Å². The highest BCUT2D eigenvalue weighted by atomic mass is 16.4. The molecule has 0 radical (unpaired) electrons. The normalized spacial score (nSPS) is 19.6. The largest absolute Gasteiger partial charge is 0.508 e. The van der Waals surface area contributed by atoms with Crippen molar-refractivity contribution in [3.05, 3.63) is 29.8 Å². The molecule has 0 bridgehead atoms. The van der Waals surface area contributed by atoms with Gasteiger partial charge < -0.3 is 36.6 Å². The first kappa shape index (κ1) is 28.1. The number of phenols is 1. The van der Waals surface area contributed by atoms with E-state index in [0.29, 0.717) is 18.4 Å².